The Bertz CT molecular complexity index is 588. The maximum Gasteiger partial charge on any atom is 0.253 e. The van der Waals surface area contributed by atoms with Gasteiger partial charge < -0.3 is 5.32 Å². The van der Waals surface area contributed by atoms with Crippen LogP contribution in [0.15, 0.2) is 18.2 Å². The summed E-state index contributed by atoms with van der Waals surface area (Å²) in [4.78, 5) is 12.2. The van der Waals surface area contributed by atoms with Crippen LogP contribution in [0.3, 0.4) is 0 Å². The van der Waals surface area contributed by atoms with E-state index < -0.39 is 0 Å². The fourth-order valence-electron chi connectivity index (χ4n) is 1.72. The molecule has 0 aliphatic carbocycles. The van der Waals surface area contributed by atoms with Crippen molar-refractivity contribution < 1.29 is 4.79 Å². The Hall–Kier alpha value is -1.66. The molecule has 1 unspecified atom stereocenters. The standard InChI is InChI=1S/C12H13Cl2N5O/c1-2-8(6-11-16-18-19-17-11)15-12(20)9-5-7(13)3-4-10(9)14/h3-5,8H,2,6H2,1H3,(H,15,20)(H,16,17,18,19). The topological polar surface area (TPSA) is 83.6 Å². The second-order valence-corrected chi connectivity index (χ2v) is 5.08. The van der Waals surface area contributed by atoms with Crippen molar-refractivity contribution >= 4 is 29.1 Å². The first-order valence-corrected chi connectivity index (χ1v) is 6.84. The quantitative estimate of drug-likeness (QED) is 0.886. The Labute approximate surface area is 125 Å². The zero-order chi connectivity index (χ0) is 14.5. The normalized spacial score (nSPS) is 12.2. The number of aromatic nitrogens is 4. The Kier molecular flexibility index (Phi) is 4.92. The second kappa shape index (κ2) is 6.67. The van der Waals surface area contributed by atoms with E-state index in [1.165, 1.54) is 0 Å². The molecule has 0 fully saturated rings. The minimum absolute atomic E-state index is 0.102. The Morgan fingerprint density at radius 1 is 1.45 bits per heavy atom. The zero-order valence-electron chi connectivity index (χ0n) is 10.7. The molecule has 6 nitrogen and oxygen atoms in total. The highest BCUT2D eigenvalue weighted by Gasteiger charge is 2.17. The predicted molar refractivity (Wildman–Crippen MR) is 75.9 cm³/mol. The minimum Gasteiger partial charge on any atom is -0.349 e. The third-order valence-electron chi connectivity index (χ3n) is 2.82. The van der Waals surface area contributed by atoms with Crippen molar-refractivity contribution in [2.75, 3.05) is 0 Å². The second-order valence-electron chi connectivity index (χ2n) is 4.23. The number of rotatable bonds is 5. The van der Waals surface area contributed by atoms with Crippen LogP contribution >= 0.6 is 23.2 Å². The molecule has 0 bridgehead atoms. The van der Waals surface area contributed by atoms with Gasteiger partial charge >= 0.3 is 0 Å². The molecule has 0 spiro atoms. The van der Waals surface area contributed by atoms with Crippen LogP contribution in [0.2, 0.25) is 10.0 Å². The van der Waals surface area contributed by atoms with Crippen molar-refractivity contribution in [2.45, 2.75) is 25.8 Å². The lowest BCUT2D eigenvalue weighted by Crippen LogP contribution is -2.36. The van der Waals surface area contributed by atoms with Gasteiger partial charge in [0.2, 0.25) is 0 Å². The molecule has 0 aliphatic heterocycles. The van der Waals surface area contributed by atoms with Crippen molar-refractivity contribution in [2.24, 2.45) is 0 Å². The lowest BCUT2D eigenvalue weighted by atomic mass is 10.1. The summed E-state index contributed by atoms with van der Waals surface area (Å²) in [6.07, 6.45) is 1.23. The van der Waals surface area contributed by atoms with Crippen molar-refractivity contribution in [3.05, 3.63) is 39.6 Å². The molecule has 2 rings (SSSR count). The van der Waals surface area contributed by atoms with E-state index in [-0.39, 0.29) is 11.9 Å². The lowest BCUT2D eigenvalue weighted by Gasteiger charge is -2.15. The third kappa shape index (κ3) is 3.68. The van der Waals surface area contributed by atoms with E-state index in [2.05, 4.69) is 25.9 Å². The van der Waals surface area contributed by atoms with E-state index in [9.17, 15) is 4.79 Å². The summed E-state index contributed by atoms with van der Waals surface area (Å²) in [5.74, 6) is 0.280. The first-order valence-electron chi connectivity index (χ1n) is 6.08. The first-order chi connectivity index (χ1) is 9.60. The van der Waals surface area contributed by atoms with Crippen molar-refractivity contribution in [3.8, 4) is 0 Å². The number of carbonyl (C=O) groups is 1. The van der Waals surface area contributed by atoms with Gasteiger partial charge in [-0.1, -0.05) is 35.3 Å². The van der Waals surface area contributed by atoms with Crippen LogP contribution in [0, 0.1) is 0 Å². The van der Waals surface area contributed by atoms with Gasteiger partial charge in [0.05, 0.1) is 10.6 Å². The van der Waals surface area contributed by atoms with Crippen LogP contribution in [-0.2, 0) is 6.42 Å². The average Bonchev–Trinajstić information content (AvgIpc) is 2.93. The number of halogens is 2. The van der Waals surface area contributed by atoms with Gasteiger partial charge in [-0.15, -0.1) is 10.2 Å². The molecule has 2 N–H and O–H groups in total. The van der Waals surface area contributed by atoms with E-state index in [4.69, 9.17) is 23.2 Å². The zero-order valence-corrected chi connectivity index (χ0v) is 12.2. The first kappa shape index (κ1) is 14.7. The van der Waals surface area contributed by atoms with Crippen LogP contribution in [0.1, 0.15) is 29.5 Å². The summed E-state index contributed by atoms with van der Waals surface area (Å²) < 4.78 is 0. The Morgan fingerprint density at radius 2 is 2.25 bits per heavy atom. The van der Waals surface area contributed by atoms with E-state index in [1.54, 1.807) is 18.2 Å². The maximum atomic E-state index is 12.2. The van der Waals surface area contributed by atoms with Gasteiger partial charge in [0.1, 0.15) is 0 Å². The monoisotopic (exact) mass is 313 g/mol. The predicted octanol–water partition coefficient (Wildman–Crippen LogP) is 2.26. The molecule has 0 saturated heterocycles. The van der Waals surface area contributed by atoms with Gasteiger partial charge in [0.25, 0.3) is 5.91 Å². The summed E-state index contributed by atoms with van der Waals surface area (Å²) in [5.41, 5.74) is 0.353. The number of nitrogens with zero attached hydrogens (tertiary/aromatic N) is 3. The molecular formula is C12H13Cl2N5O. The molecule has 1 atom stereocenters. The highest BCUT2D eigenvalue weighted by Crippen LogP contribution is 2.20. The van der Waals surface area contributed by atoms with Crippen LogP contribution < -0.4 is 5.32 Å². The van der Waals surface area contributed by atoms with Gasteiger partial charge in [-0.05, 0) is 24.6 Å². The fraction of sp³-hybridized carbons (Fsp3) is 0.333. The van der Waals surface area contributed by atoms with E-state index >= 15 is 0 Å². The van der Waals surface area contributed by atoms with Crippen LogP contribution in [-0.4, -0.2) is 32.6 Å². The maximum absolute atomic E-state index is 12.2. The molecule has 8 heteroatoms. The van der Waals surface area contributed by atoms with Crippen molar-refractivity contribution in [1.82, 2.24) is 25.9 Å². The van der Waals surface area contributed by atoms with E-state index in [1.807, 2.05) is 6.92 Å². The molecule has 106 valence electrons. The Morgan fingerprint density at radius 3 is 2.90 bits per heavy atom. The summed E-state index contributed by atoms with van der Waals surface area (Å²) in [7, 11) is 0. The number of aromatic amines is 1. The van der Waals surface area contributed by atoms with Crippen molar-refractivity contribution in [3.63, 3.8) is 0 Å². The van der Waals surface area contributed by atoms with Crippen molar-refractivity contribution in [1.29, 1.82) is 0 Å². The number of hydrogen-bond donors (Lipinski definition) is 2. The van der Waals surface area contributed by atoms with Gasteiger partial charge in [-0.25, -0.2) is 0 Å². The molecule has 0 radical (unpaired) electrons. The van der Waals surface area contributed by atoms with Gasteiger partial charge in [0, 0.05) is 17.5 Å². The largest absolute Gasteiger partial charge is 0.349 e. The Balaban J connectivity index is 2.07. The molecule has 20 heavy (non-hydrogen) atoms. The molecule has 1 aromatic carbocycles. The lowest BCUT2D eigenvalue weighted by molar-refractivity contribution is 0.0935. The highest BCUT2D eigenvalue weighted by molar-refractivity contribution is 6.35. The van der Waals surface area contributed by atoms with Gasteiger partial charge in [-0.2, -0.15) is 5.21 Å². The molecule has 0 aliphatic rings. The van der Waals surface area contributed by atoms with Crippen LogP contribution in [0.5, 0.6) is 0 Å². The molecule has 1 amide bonds. The van der Waals surface area contributed by atoms with Gasteiger partial charge in [-0.3, -0.25) is 4.79 Å². The SMILES string of the molecule is CCC(Cc1nn[nH]n1)NC(=O)c1cc(Cl)ccc1Cl. The smallest absolute Gasteiger partial charge is 0.253 e. The molecule has 1 heterocycles. The fourth-order valence-corrected chi connectivity index (χ4v) is 2.10. The minimum atomic E-state index is -0.271. The van der Waals surface area contributed by atoms with Crippen LogP contribution in [0.25, 0.3) is 0 Å². The number of nitrogens with one attached hydrogen (secondary N) is 2. The number of H-pyrrole nitrogens is 1. The summed E-state index contributed by atoms with van der Waals surface area (Å²) in [5, 5.41) is 17.3. The third-order valence-corrected chi connectivity index (χ3v) is 3.38. The van der Waals surface area contributed by atoms with E-state index in [0.29, 0.717) is 27.9 Å². The van der Waals surface area contributed by atoms with Gasteiger partial charge in [0.15, 0.2) is 5.82 Å². The molecule has 1 aromatic heterocycles. The number of carbonyl (C=O) groups excluding carboxylic acids is 1. The summed E-state index contributed by atoms with van der Waals surface area (Å²) >= 11 is 11.9. The summed E-state index contributed by atoms with van der Waals surface area (Å²) in [6, 6.07) is 4.67. The van der Waals surface area contributed by atoms with Crippen LogP contribution in [0.4, 0.5) is 0 Å². The number of tetrazole rings is 1. The average molecular weight is 314 g/mol. The molecular weight excluding hydrogens is 301 g/mol. The number of amides is 1. The number of benzene rings is 1. The van der Waals surface area contributed by atoms with E-state index in [0.717, 1.165) is 6.42 Å². The molecule has 2 aromatic rings. The highest BCUT2D eigenvalue weighted by atomic mass is 35.5. The summed E-state index contributed by atoms with van der Waals surface area (Å²) in [6.45, 7) is 1.96. The number of hydrogen-bond acceptors (Lipinski definition) is 4. The molecule has 0 saturated carbocycles.